The monoisotopic (exact) mass is 732 g/mol. The maximum Gasteiger partial charge on any atom is 0.338 e. The molecule has 0 spiro atoms. The highest BCUT2D eigenvalue weighted by molar-refractivity contribution is 5.76. The Morgan fingerprint density at radius 2 is 1.06 bits per heavy atom. The van der Waals surface area contributed by atoms with Gasteiger partial charge in [0.25, 0.3) is 0 Å². The van der Waals surface area contributed by atoms with Crippen LogP contribution in [0.15, 0.2) is 60.7 Å². The largest absolute Gasteiger partial charge is 0.467 e. The first-order valence-electron chi connectivity index (χ1n) is 16.4. The molecule has 0 radical (unpaired) electrons. The summed E-state index contributed by atoms with van der Waals surface area (Å²) in [6, 6.07) is 18.1. The third-order valence-electron chi connectivity index (χ3n) is 7.97. The number of carbonyl (C=O) groups excluding carboxylic acids is 5. The Hall–Kier alpha value is -4.45. The van der Waals surface area contributed by atoms with E-state index in [9.17, 15) is 24.0 Å². The van der Waals surface area contributed by atoms with Crippen molar-refractivity contribution in [3.05, 3.63) is 71.8 Å². The Balaban J connectivity index is 1.80. The molecule has 0 amide bonds. The van der Waals surface area contributed by atoms with Gasteiger partial charge in [-0.1, -0.05) is 60.7 Å². The fourth-order valence-electron chi connectivity index (χ4n) is 5.80. The Morgan fingerprint density at radius 3 is 1.52 bits per heavy atom. The third-order valence-corrected chi connectivity index (χ3v) is 7.97. The molecule has 2 aliphatic heterocycles. The van der Waals surface area contributed by atoms with Gasteiger partial charge in [-0.25, -0.2) is 4.79 Å². The summed E-state index contributed by atoms with van der Waals surface area (Å²) >= 11 is 0. The molecule has 2 aromatic carbocycles. The molecule has 0 aliphatic carbocycles. The molecule has 284 valence electrons. The summed E-state index contributed by atoms with van der Waals surface area (Å²) in [6.45, 7) is 4.09. The van der Waals surface area contributed by atoms with E-state index in [-0.39, 0.29) is 13.2 Å². The summed E-state index contributed by atoms with van der Waals surface area (Å²) in [6.07, 6.45) is -14.0. The van der Waals surface area contributed by atoms with Crippen molar-refractivity contribution in [3.8, 4) is 0 Å². The van der Waals surface area contributed by atoms with Crippen LogP contribution in [0.2, 0.25) is 0 Å². The fourth-order valence-corrected chi connectivity index (χ4v) is 5.80. The van der Waals surface area contributed by atoms with Crippen molar-refractivity contribution in [1.29, 1.82) is 0 Å². The topological polar surface area (TPSA) is 187 Å². The Labute approximate surface area is 300 Å². The highest BCUT2D eigenvalue weighted by atomic mass is 16.8. The second kappa shape index (κ2) is 19.4. The molecule has 16 nitrogen and oxygen atoms in total. The normalized spacial score (nSPS) is 28.6. The van der Waals surface area contributed by atoms with E-state index >= 15 is 0 Å². The molecule has 2 saturated heterocycles. The van der Waals surface area contributed by atoms with Gasteiger partial charge < -0.3 is 52.1 Å². The highest BCUT2D eigenvalue weighted by Crippen LogP contribution is 2.36. The van der Waals surface area contributed by atoms with Gasteiger partial charge in [0.05, 0.1) is 20.3 Å². The molecule has 2 heterocycles. The molecule has 2 fully saturated rings. The summed E-state index contributed by atoms with van der Waals surface area (Å²) in [5.74, 6) is -3.89. The van der Waals surface area contributed by atoms with Gasteiger partial charge in [0.15, 0.2) is 37.0 Å². The molecule has 4 rings (SSSR count). The van der Waals surface area contributed by atoms with Crippen molar-refractivity contribution in [1.82, 2.24) is 0 Å². The molecule has 0 unspecified atom stereocenters. The number of carbonyl (C=O) groups is 5. The van der Waals surface area contributed by atoms with Crippen LogP contribution in [0.5, 0.6) is 0 Å². The molecule has 2 aliphatic rings. The molecular formula is C36H44O16. The van der Waals surface area contributed by atoms with Crippen LogP contribution >= 0.6 is 0 Å². The molecular weight excluding hydrogens is 688 g/mol. The summed E-state index contributed by atoms with van der Waals surface area (Å²) in [4.78, 5) is 62.7. The highest BCUT2D eigenvalue weighted by Gasteiger charge is 2.57. The standard InChI is InChI=1S/C36H44O16/c1-20(37)44-19-26-27(47-21(2)38)28(48-22(3)39)33(46-18-25-15-11-8-12-16-25)36(50-26)51-29-30(49-23(4)40)32(45-17-24-13-9-7-10-14-24)35(43-6)52-31(29)34(41)42-5/h7-16,26-33,35-36H,17-19H2,1-6H3/t26-,27-,28+,29+,30+,31+,32-,33-,35+,36-/m1/s1. The van der Waals surface area contributed by atoms with Gasteiger partial charge in [-0.2, -0.15) is 0 Å². The van der Waals surface area contributed by atoms with Crippen LogP contribution < -0.4 is 0 Å². The second-order valence-electron chi connectivity index (χ2n) is 11.9. The van der Waals surface area contributed by atoms with E-state index in [1.807, 2.05) is 36.4 Å². The smallest absolute Gasteiger partial charge is 0.338 e. The van der Waals surface area contributed by atoms with E-state index < -0.39 is 97.9 Å². The predicted octanol–water partition coefficient (Wildman–Crippen LogP) is 2.17. The first-order chi connectivity index (χ1) is 24.9. The van der Waals surface area contributed by atoms with Gasteiger partial charge in [0.2, 0.25) is 0 Å². The fraction of sp³-hybridized carbons (Fsp3) is 0.528. The van der Waals surface area contributed by atoms with E-state index in [1.54, 1.807) is 24.3 Å². The molecule has 16 heteroatoms. The maximum atomic E-state index is 13.3. The van der Waals surface area contributed by atoms with Gasteiger partial charge in [-0.3, -0.25) is 19.2 Å². The lowest BCUT2D eigenvalue weighted by Gasteiger charge is -2.48. The van der Waals surface area contributed by atoms with Crippen LogP contribution in [0.4, 0.5) is 0 Å². The number of esters is 5. The van der Waals surface area contributed by atoms with Crippen molar-refractivity contribution < 1.29 is 76.1 Å². The number of rotatable bonds is 15. The average molecular weight is 733 g/mol. The van der Waals surface area contributed by atoms with Crippen molar-refractivity contribution in [3.63, 3.8) is 0 Å². The second-order valence-corrected chi connectivity index (χ2v) is 11.9. The van der Waals surface area contributed by atoms with Crippen LogP contribution in [0.3, 0.4) is 0 Å². The minimum atomic E-state index is -1.60. The SMILES string of the molecule is COC(=O)[C@H]1O[C@H](OC)[C@H](OCc2ccccc2)[C@@H](OC(C)=O)[C@@H]1O[C@H]1O[C@H](COC(C)=O)[C@@H](OC(C)=O)[C@H](OC(C)=O)[C@H]1OCc1ccccc1. The lowest BCUT2D eigenvalue weighted by Crippen LogP contribution is -2.67. The van der Waals surface area contributed by atoms with E-state index in [0.717, 1.165) is 33.4 Å². The number of hydrogen-bond donors (Lipinski definition) is 0. The minimum absolute atomic E-state index is 0.0217. The first kappa shape index (κ1) is 40.3. The van der Waals surface area contributed by atoms with Gasteiger partial charge in [-0.15, -0.1) is 0 Å². The summed E-state index contributed by atoms with van der Waals surface area (Å²) in [5.41, 5.74) is 1.47. The summed E-state index contributed by atoms with van der Waals surface area (Å²) in [5, 5.41) is 0. The van der Waals surface area contributed by atoms with Gasteiger partial charge in [0.1, 0.15) is 31.0 Å². The molecule has 52 heavy (non-hydrogen) atoms. The van der Waals surface area contributed by atoms with Gasteiger partial charge >= 0.3 is 29.8 Å². The summed E-state index contributed by atoms with van der Waals surface area (Å²) < 4.78 is 64.1. The van der Waals surface area contributed by atoms with Crippen molar-refractivity contribution in [2.24, 2.45) is 0 Å². The Morgan fingerprint density at radius 1 is 0.577 bits per heavy atom. The first-order valence-corrected chi connectivity index (χ1v) is 16.4. The van der Waals surface area contributed by atoms with Crippen LogP contribution in [0.25, 0.3) is 0 Å². The zero-order valence-electron chi connectivity index (χ0n) is 29.7. The van der Waals surface area contributed by atoms with Crippen molar-refractivity contribution in [2.75, 3.05) is 20.8 Å². The predicted molar refractivity (Wildman–Crippen MR) is 175 cm³/mol. The molecule has 0 saturated carbocycles. The summed E-state index contributed by atoms with van der Waals surface area (Å²) in [7, 11) is 2.45. The van der Waals surface area contributed by atoms with E-state index in [0.29, 0.717) is 5.56 Å². The number of hydrogen-bond acceptors (Lipinski definition) is 16. The number of methoxy groups -OCH3 is 2. The molecule has 0 bridgehead atoms. The molecule has 0 N–H and O–H groups in total. The van der Waals surface area contributed by atoms with Crippen LogP contribution in [0, 0.1) is 0 Å². The van der Waals surface area contributed by atoms with E-state index in [1.165, 1.54) is 14.0 Å². The lowest BCUT2D eigenvalue weighted by molar-refractivity contribution is -0.362. The number of benzene rings is 2. The van der Waals surface area contributed by atoms with Crippen molar-refractivity contribution >= 4 is 29.8 Å². The zero-order chi connectivity index (χ0) is 37.8. The molecule has 2 aromatic rings. The Kier molecular flexibility index (Phi) is 15.0. The molecule has 0 aromatic heterocycles. The quantitative estimate of drug-likeness (QED) is 0.191. The van der Waals surface area contributed by atoms with Crippen LogP contribution in [-0.2, 0) is 89.3 Å². The van der Waals surface area contributed by atoms with E-state index in [2.05, 4.69) is 0 Å². The third kappa shape index (κ3) is 11.0. The van der Waals surface area contributed by atoms with Crippen molar-refractivity contribution in [2.45, 2.75) is 102 Å². The zero-order valence-corrected chi connectivity index (χ0v) is 29.7. The lowest BCUT2D eigenvalue weighted by atomic mass is 9.95. The van der Waals surface area contributed by atoms with Gasteiger partial charge in [-0.05, 0) is 11.1 Å². The molecule has 10 atom stereocenters. The van der Waals surface area contributed by atoms with Gasteiger partial charge in [0, 0.05) is 34.8 Å². The minimum Gasteiger partial charge on any atom is -0.467 e. The average Bonchev–Trinajstić information content (AvgIpc) is 3.11. The Bertz CT molecular complexity index is 1490. The van der Waals surface area contributed by atoms with Crippen LogP contribution in [-0.4, -0.2) is 112 Å². The van der Waals surface area contributed by atoms with Crippen LogP contribution in [0.1, 0.15) is 38.8 Å². The van der Waals surface area contributed by atoms with E-state index in [4.69, 9.17) is 52.1 Å². The maximum absolute atomic E-state index is 13.3. The number of ether oxygens (including phenoxy) is 11.